The summed E-state index contributed by atoms with van der Waals surface area (Å²) >= 11 is 5.97. The Morgan fingerprint density at radius 2 is 1.43 bits per heavy atom. The van der Waals surface area contributed by atoms with Crippen molar-refractivity contribution in [2.45, 2.75) is 9.79 Å². The Morgan fingerprint density at radius 3 is 2.07 bits per heavy atom. The SMILES string of the molecule is COc1cc(S(=O)(=O)Nc2ccc(S(=O)(=O)Nc3ccccc3Cl)cc2)ccc1F. The van der Waals surface area contributed by atoms with Gasteiger partial charge in [0.2, 0.25) is 0 Å². The van der Waals surface area contributed by atoms with Crippen LogP contribution in [0, 0.1) is 5.82 Å². The fraction of sp³-hybridized carbons (Fsp3) is 0.0526. The summed E-state index contributed by atoms with van der Waals surface area (Å²) in [6, 6.07) is 14.5. The number of halogens is 2. The van der Waals surface area contributed by atoms with Gasteiger partial charge in [-0.2, -0.15) is 0 Å². The van der Waals surface area contributed by atoms with Crippen LogP contribution in [0.4, 0.5) is 15.8 Å². The lowest BCUT2D eigenvalue weighted by atomic mass is 10.3. The van der Waals surface area contributed by atoms with Gasteiger partial charge in [0.15, 0.2) is 11.6 Å². The molecule has 0 fully saturated rings. The van der Waals surface area contributed by atoms with E-state index in [2.05, 4.69) is 9.44 Å². The van der Waals surface area contributed by atoms with Gasteiger partial charge in [-0.25, -0.2) is 21.2 Å². The van der Waals surface area contributed by atoms with Gasteiger partial charge in [0, 0.05) is 11.8 Å². The number of rotatable bonds is 7. The topological polar surface area (TPSA) is 102 Å². The third kappa shape index (κ3) is 4.84. The third-order valence-electron chi connectivity index (χ3n) is 3.97. The number of nitrogens with one attached hydrogen (secondary N) is 2. The van der Waals surface area contributed by atoms with Crippen molar-refractivity contribution in [1.82, 2.24) is 0 Å². The van der Waals surface area contributed by atoms with Crippen LogP contribution >= 0.6 is 11.6 Å². The minimum atomic E-state index is -4.04. The van der Waals surface area contributed by atoms with Gasteiger partial charge >= 0.3 is 0 Å². The van der Waals surface area contributed by atoms with Crippen molar-refractivity contribution < 1.29 is 26.0 Å². The molecule has 0 radical (unpaired) electrons. The number of ether oxygens (including phenoxy) is 1. The molecule has 30 heavy (non-hydrogen) atoms. The normalized spacial score (nSPS) is 11.7. The summed E-state index contributed by atoms with van der Waals surface area (Å²) in [4.78, 5) is -0.299. The molecule has 3 aromatic rings. The number of anilines is 2. The van der Waals surface area contributed by atoms with Gasteiger partial charge in [0.05, 0.1) is 27.6 Å². The molecule has 0 amide bonds. The summed E-state index contributed by atoms with van der Waals surface area (Å²) in [6.45, 7) is 0. The first-order chi connectivity index (χ1) is 14.1. The maximum Gasteiger partial charge on any atom is 0.262 e. The molecule has 0 bridgehead atoms. The molecule has 2 N–H and O–H groups in total. The number of hydrogen-bond donors (Lipinski definition) is 2. The zero-order valence-corrected chi connectivity index (χ0v) is 17.9. The molecule has 0 spiro atoms. The van der Waals surface area contributed by atoms with Gasteiger partial charge in [-0.05, 0) is 48.5 Å². The van der Waals surface area contributed by atoms with Crippen molar-refractivity contribution in [3.05, 3.63) is 77.6 Å². The Balaban J connectivity index is 1.81. The van der Waals surface area contributed by atoms with Crippen molar-refractivity contribution in [3.8, 4) is 5.75 Å². The van der Waals surface area contributed by atoms with Gasteiger partial charge < -0.3 is 4.74 Å². The second kappa shape index (κ2) is 8.50. The third-order valence-corrected chi connectivity index (χ3v) is 7.06. The molecule has 11 heteroatoms. The maximum atomic E-state index is 13.5. The molecule has 0 heterocycles. The molecule has 0 saturated heterocycles. The van der Waals surface area contributed by atoms with Crippen molar-refractivity contribution in [3.63, 3.8) is 0 Å². The van der Waals surface area contributed by atoms with E-state index >= 15 is 0 Å². The maximum absolute atomic E-state index is 13.5. The lowest BCUT2D eigenvalue weighted by Crippen LogP contribution is -2.15. The average molecular weight is 471 g/mol. The zero-order valence-electron chi connectivity index (χ0n) is 15.5. The molecule has 0 aromatic heterocycles. The van der Waals surface area contributed by atoms with E-state index < -0.39 is 25.9 Å². The second-order valence-electron chi connectivity index (χ2n) is 6.01. The van der Waals surface area contributed by atoms with E-state index in [0.29, 0.717) is 0 Å². The quantitative estimate of drug-likeness (QED) is 0.541. The van der Waals surface area contributed by atoms with Gasteiger partial charge in [0.25, 0.3) is 20.0 Å². The zero-order chi connectivity index (χ0) is 21.9. The highest BCUT2D eigenvalue weighted by atomic mass is 35.5. The number of methoxy groups -OCH3 is 1. The molecular weight excluding hydrogens is 455 g/mol. The summed E-state index contributed by atoms with van der Waals surface area (Å²) in [6.07, 6.45) is 0. The van der Waals surface area contributed by atoms with Crippen LogP contribution in [0.2, 0.25) is 5.02 Å². The number of sulfonamides is 2. The van der Waals surface area contributed by atoms with Crippen LogP contribution in [0.1, 0.15) is 0 Å². The average Bonchev–Trinajstić information content (AvgIpc) is 2.70. The fourth-order valence-electron chi connectivity index (χ4n) is 2.47. The number of hydrogen-bond acceptors (Lipinski definition) is 5. The van der Waals surface area contributed by atoms with E-state index in [-0.39, 0.29) is 31.9 Å². The van der Waals surface area contributed by atoms with Crippen LogP contribution in [-0.4, -0.2) is 23.9 Å². The summed E-state index contributed by atoms with van der Waals surface area (Å²) in [7, 11) is -6.76. The van der Waals surface area contributed by atoms with Gasteiger partial charge in [0.1, 0.15) is 0 Å². The summed E-state index contributed by atoms with van der Waals surface area (Å²) in [5, 5.41) is 0.236. The second-order valence-corrected chi connectivity index (χ2v) is 9.78. The predicted molar refractivity (Wildman–Crippen MR) is 112 cm³/mol. The highest BCUT2D eigenvalue weighted by molar-refractivity contribution is 7.93. The van der Waals surface area contributed by atoms with Crippen LogP contribution in [0.3, 0.4) is 0 Å². The summed E-state index contributed by atoms with van der Waals surface area (Å²) < 4.78 is 73.0. The first-order valence-electron chi connectivity index (χ1n) is 8.36. The highest BCUT2D eigenvalue weighted by Crippen LogP contribution is 2.26. The van der Waals surface area contributed by atoms with Crippen LogP contribution in [0.15, 0.2) is 76.5 Å². The van der Waals surface area contributed by atoms with E-state index in [1.165, 1.54) is 37.4 Å². The molecule has 0 aliphatic carbocycles. The molecule has 3 rings (SSSR count). The van der Waals surface area contributed by atoms with Crippen LogP contribution in [-0.2, 0) is 20.0 Å². The minimum Gasteiger partial charge on any atom is -0.494 e. The fourth-order valence-corrected chi connectivity index (χ4v) is 4.86. The molecule has 158 valence electrons. The summed E-state index contributed by atoms with van der Waals surface area (Å²) in [5.41, 5.74) is 0.337. The standard InChI is InChI=1S/C19H16ClFN2O5S2/c1-28-19-12-15(10-11-17(19)21)30(26,27)22-13-6-8-14(9-7-13)29(24,25)23-18-5-3-2-4-16(18)20/h2-12,22-23H,1H3. The highest BCUT2D eigenvalue weighted by Gasteiger charge is 2.19. The molecule has 7 nitrogen and oxygen atoms in total. The molecule has 0 aliphatic rings. The molecule has 0 unspecified atom stereocenters. The Kier molecular flexibility index (Phi) is 6.20. The Morgan fingerprint density at radius 1 is 0.833 bits per heavy atom. The Hall–Kier alpha value is -2.82. The van der Waals surface area contributed by atoms with Gasteiger partial charge in [-0.1, -0.05) is 23.7 Å². The minimum absolute atomic E-state index is 0.0891. The molecule has 3 aromatic carbocycles. The van der Waals surface area contributed by atoms with E-state index in [1.807, 2.05) is 0 Å². The van der Waals surface area contributed by atoms with Gasteiger partial charge in [-0.15, -0.1) is 0 Å². The molecule has 0 aliphatic heterocycles. The predicted octanol–water partition coefficient (Wildman–Crippen LogP) is 4.09. The van der Waals surface area contributed by atoms with E-state index in [4.69, 9.17) is 16.3 Å². The largest absolute Gasteiger partial charge is 0.494 e. The first kappa shape index (κ1) is 21.9. The van der Waals surface area contributed by atoms with E-state index in [0.717, 1.165) is 18.2 Å². The van der Waals surface area contributed by atoms with Crippen LogP contribution in [0.25, 0.3) is 0 Å². The molecule has 0 atom stereocenters. The molecular formula is C19H16ClFN2O5S2. The van der Waals surface area contributed by atoms with Gasteiger partial charge in [-0.3, -0.25) is 9.44 Å². The summed E-state index contributed by atoms with van der Waals surface area (Å²) in [5.74, 6) is -0.915. The lowest BCUT2D eigenvalue weighted by Gasteiger charge is -2.12. The Labute approximate surface area is 178 Å². The van der Waals surface area contributed by atoms with Crippen molar-refractivity contribution >= 4 is 43.0 Å². The smallest absolute Gasteiger partial charge is 0.262 e. The monoisotopic (exact) mass is 470 g/mol. The number of benzene rings is 3. The van der Waals surface area contributed by atoms with Crippen molar-refractivity contribution in [2.24, 2.45) is 0 Å². The lowest BCUT2D eigenvalue weighted by molar-refractivity contribution is 0.385. The van der Waals surface area contributed by atoms with Crippen LogP contribution < -0.4 is 14.2 Å². The van der Waals surface area contributed by atoms with Crippen molar-refractivity contribution in [2.75, 3.05) is 16.6 Å². The first-order valence-corrected chi connectivity index (χ1v) is 11.7. The number of para-hydroxylation sites is 1. The van der Waals surface area contributed by atoms with Crippen molar-refractivity contribution in [1.29, 1.82) is 0 Å². The van der Waals surface area contributed by atoms with E-state index in [1.54, 1.807) is 18.2 Å². The Bertz CT molecular complexity index is 1280. The van der Waals surface area contributed by atoms with E-state index in [9.17, 15) is 21.2 Å². The van der Waals surface area contributed by atoms with Crippen LogP contribution in [0.5, 0.6) is 5.75 Å². The molecule has 0 saturated carbocycles.